The number of rotatable bonds is 5. The molecule has 4 aromatic rings. The van der Waals surface area contributed by atoms with Gasteiger partial charge in [0.25, 0.3) is 0 Å². The number of fused-ring (bicyclic) bond motifs is 1. The lowest BCUT2D eigenvalue weighted by Gasteiger charge is -2.05. The summed E-state index contributed by atoms with van der Waals surface area (Å²) in [5, 5.41) is 7.14. The number of sulfonamides is 1. The third-order valence-electron chi connectivity index (χ3n) is 4.25. The van der Waals surface area contributed by atoms with E-state index in [0.29, 0.717) is 0 Å². The van der Waals surface area contributed by atoms with E-state index in [0.717, 1.165) is 32.9 Å². The molecular weight excluding hydrogens is 378 g/mol. The molecule has 0 aliphatic rings. The molecule has 1 heterocycles. The Morgan fingerprint density at radius 3 is 2.11 bits per heavy atom. The van der Waals surface area contributed by atoms with Crippen LogP contribution >= 0.6 is 11.8 Å². The summed E-state index contributed by atoms with van der Waals surface area (Å²) in [6, 6.07) is 24.8. The van der Waals surface area contributed by atoms with Gasteiger partial charge in [0.15, 0.2) is 5.09 Å². The molecule has 0 bridgehead atoms. The predicted octanol–water partition coefficient (Wildman–Crippen LogP) is 5.04. The summed E-state index contributed by atoms with van der Waals surface area (Å²) < 4.78 is 28.5. The van der Waals surface area contributed by atoms with E-state index in [2.05, 4.69) is 18.2 Å². The van der Waals surface area contributed by atoms with Crippen molar-refractivity contribution >= 4 is 32.8 Å². The van der Waals surface area contributed by atoms with Crippen LogP contribution in [0, 0.1) is 0 Å². The zero-order valence-corrected chi connectivity index (χ0v) is 16.0. The quantitative estimate of drug-likeness (QED) is 0.481. The van der Waals surface area contributed by atoms with Gasteiger partial charge in [-0.3, -0.25) is 0 Å². The van der Waals surface area contributed by atoms with Crippen molar-refractivity contribution in [3.05, 3.63) is 84.4 Å². The average molecular weight is 396 g/mol. The molecule has 0 unspecified atom stereocenters. The van der Waals surface area contributed by atoms with Crippen molar-refractivity contribution < 1.29 is 12.8 Å². The fourth-order valence-electron chi connectivity index (χ4n) is 2.81. The molecule has 4 rings (SSSR count). The van der Waals surface area contributed by atoms with Gasteiger partial charge in [-0.05, 0) is 41.0 Å². The first-order valence-corrected chi connectivity index (χ1v) is 10.9. The minimum Gasteiger partial charge on any atom is -0.450 e. The molecule has 6 heteroatoms. The van der Waals surface area contributed by atoms with Gasteiger partial charge < -0.3 is 4.42 Å². The van der Waals surface area contributed by atoms with E-state index in [-0.39, 0.29) is 4.90 Å². The number of furan rings is 1. The molecule has 27 heavy (non-hydrogen) atoms. The lowest BCUT2D eigenvalue weighted by molar-refractivity contribution is 0.515. The fraction of sp³-hybridized carbons (Fsp3) is 0.0476. The Hall–Kier alpha value is -2.54. The number of hydrogen-bond donors (Lipinski definition) is 1. The van der Waals surface area contributed by atoms with Gasteiger partial charge in [0.05, 0.1) is 4.90 Å². The molecule has 0 aliphatic heterocycles. The van der Waals surface area contributed by atoms with Crippen molar-refractivity contribution in [2.24, 2.45) is 5.14 Å². The van der Waals surface area contributed by atoms with Gasteiger partial charge in [-0.2, -0.15) is 0 Å². The second-order valence-electron chi connectivity index (χ2n) is 6.16. The third-order valence-corrected chi connectivity index (χ3v) is 6.15. The van der Waals surface area contributed by atoms with Crippen LogP contribution in [0.5, 0.6) is 0 Å². The Bertz CT molecular complexity index is 1150. The maximum absolute atomic E-state index is 11.3. The number of para-hydroxylation sites is 1. The van der Waals surface area contributed by atoms with Crippen LogP contribution < -0.4 is 5.14 Å². The van der Waals surface area contributed by atoms with E-state index in [1.54, 1.807) is 23.9 Å². The Balaban J connectivity index is 1.45. The first kappa shape index (κ1) is 17.9. The number of thioether (sulfide) groups is 1. The van der Waals surface area contributed by atoms with Crippen LogP contribution in [-0.4, -0.2) is 8.42 Å². The van der Waals surface area contributed by atoms with E-state index in [9.17, 15) is 8.42 Å². The standard InChI is InChI=1S/C21H17NO3S2/c22-27(23,24)19-11-9-17(10-12-19)16-7-5-15(6-8-16)14-26-21-13-18-3-1-2-4-20(18)25-21/h1-13H,14H2,(H2,22,23,24). The topological polar surface area (TPSA) is 73.3 Å². The molecule has 0 spiro atoms. The Kier molecular flexibility index (Phi) is 4.78. The number of hydrogen-bond acceptors (Lipinski definition) is 4. The predicted molar refractivity (Wildman–Crippen MR) is 109 cm³/mol. The van der Waals surface area contributed by atoms with Crippen molar-refractivity contribution in [1.29, 1.82) is 0 Å². The molecule has 136 valence electrons. The summed E-state index contributed by atoms with van der Waals surface area (Å²) in [6.45, 7) is 0. The van der Waals surface area contributed by atoms with E-state index >= 15 is 0 Å². The van der Waals surface area contributed by atoms with Crippen LogP contribution in [0.3, 0.4) is 0 Å². The summed E-state index contributed by atoms with van der Waals surface area (Å²) in [6.07, 6.45) is 0. The average Bonchev–Trinajstić information content (AvgIpc) is 3.09. The second-order valence-corrected chi connectivity index (χ2v) is 8.70. The van der Waals surface area contributed by atoms with Gasteiger partial charge >= 0.3 is 0 Å². The highest BCUT2D eigenvalue weighted by Crippen LogP contribution is 2.30. The summed E-state index contributed by atoms with van der Waals surface area (Å²) in [4.78, 5) is 0.116. The third kappa shape index (κ3) is 4.08. The minimum atomic E-state index is -3.66. The summed E-state index contributed by atoms with van der Waals surface area (Å²) in [5.41, 5.74) is 4.05. The first-order chi connectivity index (χ1) is 13.0. The summed E-state index contributed by atoms with van der Waals surface area (Å²) in [5.74, 6) is 0.810. The summed E-state index contributed by atoms with van der Waals surface area (Å²) >= 11 is 1.66. The van der Waals surface area contributed by atoms with Gasteiger partial charge in [0.1, 0.15) is 5.58 Å². The van der Waals surface area contributed by atoms with Crippen molar-refractivity contribution in [3.8, 4) is 11.1 Å². The Morgan fingerprint density at radius 1 is 0.852 bits per heavy atom. The highest BCUT2D eigenvalue weighted by atomic mass is 32.2. The highest BCUT2D eigenvalue weighted by molar-refractivity contribution is 7.98. The second kappa shape index (κ2) is 7.23. The zero-order valence-electron chi connectivity index (χ0n) is 14.3. The molecule has 1 aromatic heterocycles. The van der Waals surface area contributed by atoms with Gasteiger partial charge in [-0.1, -0.05) is 66.4 Å². The largest absolute Gasteiger partial charge is 0.450 e. The number of benzene rings is 3. The maximum atomic E-state index is 11.3. The molecule has 0 saturated carbocycles. The van der Waals surface area contributed by atoms with Crippen LogP contribution in [0.25, 0.3) is 22.1 Å². The Labute approximate surface area is 162 Å². The van der Waals surface area contributed by atoms with Crippen LogP contribution in [-0.2, 0) is 15.8 Å². The van der Waals surface area contributed by atoms with Gasteiger partial charge in [0.2, 0.25) is 10.0 Å². The molecule has 0 amide bonds. The Morgan fingerprint density at radius 2 is 1.48 bits per heavy atom. The molecule has 2 N–H and O–H groups in total. The van der Waals surface area contributed by atoms with E-state index in [1.165, 1.54) is 17.7 Å². The molecule has 0 atom stereocenters. The molecule has 0 aliphatic carbocycles. The van der Waals surface area contributed by atoms with Crippen molar-refractivity contribution in [3.63, 3.8) is 0 Å². The number of primary sulfonamides is 1. The maximum Gasteiger partial charge on any atom is 0.238 e. The van der Waals surface area contributed by atoms with E-state index < -0.39 is 10.0 Å². The minimum absolute atomic E-state index is 0.116. The normalized spacial score (nSPS) is 11.7. The summed E-state index contributed by atoms with van der Waals surface area (Å²) in [7, 11) is -3.66. The van der Waals surface area contributed by atoms with E-state index in [4.69, 9.17) is 9.56 Å². The van der Waals surface area contributed by atoms with Crippen molar-refractivity contribution in [2.75, 3.05) is 0 Å². The molecule has 4 nitrogen and oxygen atoms in total. The van der Waals surface area contributed by atoms with Crippen molar-refractivity contribution in [1.82, 2.24) is 0 Å². The van der Waals surface area contributed by atoms with Crippen LogP contribution in [0.4, 0.5) is 0 Å². The SMILES string of the molecule is NS(=O)(=O)c1ccc(-c2ccc(CSc3cc4ccccc4o3)cc2)cc1. The van der Waals surface area contributed by atoms with Crippen LogP contribution in [0.1, 0.15) is 5.56 Å². The molecule has 0 fully saturated rings. The van der Waals surface area contributed by atoms with Gasteiger partial charge in [-0.15, -0.1) is 0 Å². The number of nitrogens with two attached hydrogens (primary N) is 1. The van der Waals surface area contributed by atoms with Crippen molar-refractivity contribution in [2.45, 2.75) is 15.7 Å². The first-order valence-electron chi connectivity index (χ1n) is 8.33. The monoisotopic (exact) mass is 395 g/mol. The highest BCUT2D eigenvalue weighted by Gasteiger charge is 2.08. The smallest absolute Gasteiger partial charge is 0.238 e. The van der Waals surface area contributed by atoms with Gasteiger partial charge in [-0.25, -0.2) is 13.6 Å². The zero-order chi connectivity index (χ0) is 18.9. The fourth-order valence-corrected chi connectivity index (χ4v) is 4.19. The molecule has 3 aromatic carbocycles. The molecule has 0 saturated heterocycles. The molecule has 0 radical (unpaired) electrons. The lowest BCUT2D eigenvalue weighted by Crippen LogP contribution is -2.11. The molecular formula is C21H17NO3S2. The van der Waals surface area contributed by atoms with Gasteiger partial charge in [0, 0.05) is 11.1 Å². The van der Waals surface area contributed by atoms with Crippen LogP contribution in [0.15, 0.2) is 93.3 Å². The van der Waals surface area contributed by atoms with Crippen LogP contribution in [0.2, 0.25) is 0 Å². The lowest BCUT2D eigenvalue weighted by atomic mass is 10.0. The van der Waals surface area contributed by atoms with E-state index in [1.807, 2.05) is 36.4 Å².